The van der Waals surface area contributed by atoms with E-state index in [1.807, 2.05) is 6.07 Å². The van der Waals surface area contributed by atoms with Gasteiger partial charge in [-0.1, -0.05) is 0 Å². The lowest BCUT2D eigenvalue weighted by Gasteiger charge is -2.17. The van der Waals surface area contributed by atoms with E-state index in [1.54, 1.807) is 0 Å². The first kappa shape index (κ1) is 12.5. The largest absolute Gasteiger partial charge is 0.454 e. The predicted octanol–water partition coefficient (Wildman–Crippen LogP) is 2.81. The van der Waals surface area contributed by atoms with E-state index in [-0.39, 0.29) is 0 Å². The lowest BCUT2D eigenvalue weighted by atomic mass is 9.94. The van der Waals surface area contributed by atoms with Gasteiger partial charge in [0.1, 0.15) is 0 Å². The summed E-state index contributed by atoms with van der Waals surface area (Å²) >= 11 is 0. The molecule has 24 heavy (non-hydrogen) atoms. The van der Waals surface area contributed by atoms with Gasteiger partial charge in [-0.3, -0.25) is 0 Å². The van der Waals surface area contributed by atoms with Gasteiger partial charge in [0.2, 0.25) is 19.3 Å². The van der Waals surface area contributed by atoms with Crippen LogP contribution in [0.15, 0.2) is 36.5 Å². The molecule has 0 N–H and O–H groups in total. The summed E-state index contributed by atoms with van der Waals surface area (Å²) in [6.07, 6.45) is 3.13. The number of benzene rings is 2. The second kappa shape index (κ2) is 4.32. The Hall–Kier alpha value is -2.95. The highest BCUT2D eigenvalue weighted by molar-refractivity contribution is 5.88. The van der Waals surface area contributed by atoms with Crippen LogP contribution in [0, 0.1) is 0 Å². The Morgan fingerprint density at radius 3 is 2.50 bits per heavy atom. The number of hydrogen-bond acceptors (Lipinski definition) is 4. The van der Waals surface area contributed by atoms with Crippen LogP contribution in [0.5, 0.6) is 23.0 Å². The molecule has 118 valence electrons. The van der Waals surface area contributed by atoms with Crippen molar-refractivity contribution >= 4 is 10.8 Å². The van der Waals surface area contributed by atoms with Crippen LogP contribution in [0.25, 0.3) is 22.0 Å². The molecule has 1 aromatic heterocycles. The molecule has 6 rings (SSSR count). The Labute approximate surface area is 137 Å². The Bertz CT molecular complexity index is 1030. The standard InChI is InChI=1S/C19H14NO4/c1-2-16-19(24-10-21-16)14-3-4-20-8-12-7-18-17(22-9-23-18)6-11(12)5-15(20)13(1)14/h1-2,5-8H,3-4,9-10H2/q+1. The smallest absolute Gasteiger partial charge is 0.231 e. The maximum Gasteiger partial charge on any atom is 0.231 e. The van der Waals surface area contributed by atoms with E-state index in [0.717, 1.165) is 46.7 Å². The molecule has 0 atom stereocenters. The van der Waals surface area contributed by atoms with Gasteiger partial charge < -0.3 is 18.9 Å². The van der Waals surface area contributed by atoms with Crippen molar-refractivity contribution in [1.82, 2.24) is 0 Å². The van der Waals surface area contributed by atoms with Crippen LogP contribution >= 0.6 is 0 Å². The molecule has 0 bridgehead atoms. The third-order valence-corrected chi connectivity index (χ3v) is 5.00. The number of pyridine rings is 1. The van der Waals surface area contributed by atoms with Crippen molar-refractivity contribution in [3.8, 4) is 34.3 Å². The second-order valence-corrected chi connectivity index (χ2v) is 6.26. The fraction of sp³-hybridized carbons (Fsp3) is 0.211. The van der Waals surface area contributed by atoms with E-state index in [0.29, 0.717) is 13.6 Å². The molecule has 0 radical (unpaired) electrons. The number of rotatable bonds is 0. The molecule has 5 nitrogen and oxygen atoms in total. The van der Waals surface area contributed by atoms with E-state index in [1.165, 1.54) is 16.8 Å². The minimum Gasteiger partial charge on any atom is -0.454 e. The van der Waals surface area contributed by atoms with Crippen LogP contribution in [0.4, 0.5) is 0 Å². The first-order valence-corrected chi connectivity index (χ1v) is 8.05. The zero-order chi connectivity index (χ0) is 15.7. The molecule has 0 unspecified atom stereocenters. The normalized spacial score (nSPS) is 16.2. The quantitative estimate of drug-likeness (QED) is 0.597. The Kier molecular flexibility index (Phi) is 2.24. The van der Waals surface area contributed by atoms with Crippen molar-refractivity contribution in [1.29, 1.82) is 0 Å². The van der Waals surface area contributed by atoms with Crippen molar-refractivity contribution in [3.05, 3.63) is 42.1 Å². The Morgan fingerprint density at radius 1 is 0.792 bits per heavy atom. The van der Waals surface area contributed by atoms with Gasteiger partial charge in [0.05, 0.1) is 5.56 Å². The van der Waals surface area contributed by atoms with E-state index in [2.05, 4.69) is 35.0 Å². The molecule has 3 aromatic rings. The van der Waals surface area contributed by atoms with Crippen LogP contribution in [0.1, 0.15) is 5.56 Å². The molecule has 3 aliphatic rings. The van der Waals surface area contributed by atoms with Gasteiger partial charge in [0.25, 0.3) is 0 Å². The third kappa shape index (κ3) is 1.56. The van der Waals surface area contributed by atoms with Crippen LogP contribution in [0.2, 0.25) is 0 Å². The van der Waals surface area contributed by atoms with E-state index < -0.39 is 0 Å². The molecule has 5 heteroatoms. The maximum absolute atomic E-state index is 5.69. The summed E-state index contributed by atoms with van der Waals surface area (Å²) < 4.78 is 24.5. The minimum atomic E-state index is 0.296. The minimum absolute atomic E-state index is 0.296. The topological polar surface area (TPSA) is 40.8 Å². The number of aromatic nitrogens is 1. The van der Waals surface area contributed by atoms with Gasteiger partial charge in [-0.25, -0.2) is 0 Å². The van der Waals surface area contributed by atoms with Crippen LogP contribution in [-0.2, 0) is 13.0 Å². The number of ether oxygens (including phenoxy) is 4. The molecule has 0 saturated heterocycles. The molecule has 4 heterocycles. The van der Waals surface area contributed by atoms with Gasteiger partial charge in [-0.2, -0.15) is 4.57 Å². The van der Waals surface area contributed by atoms with Crippen LogP contribution in [-0.4, -0.2) is 13.6 Å². The summed E-state index contributed by atoms with van der Waals surface area (Å²) in [4.78, 5) is 0. The fourth-order valence-corrected chi connectivity index (χ4v) is 3.85. The van der Waals surface area contributed by atoms with Gasteiger partial charge in [0, 0.05) is 23.4 Å². The molecule has 0 amide bonds. The number of fused-ring (bicyclic) bond motifs is 7. The zero-order valence-corrected chi connectivity index (χ0v) is 12.9. The predicted molar refractivity (Wildman–Crippen MR) is 85.5 cm³/mol. The average Bonchev–Trinajstić information content (AvgIpc) is 3.26. The molecular formula is C19H14NO4+. The number of aryl methyl sites for hydroxylation is 1. The summed E-state index contributed by atoms with van der Waals surface area (Å²) in [5, 5.41) is 2.31. The molecule has 0 saturated carbocycles. The highest BCUT2D eigenvalue weighted by Crippen LogP contribution is 2.43. The highest BCUT2D eigenvalue weighted by Gasteiger charge is 2.30. The lowest BCUT2D eigenvalue weighted by Crippen LogP contribution is -2.40. The van der Waals surface area contributed by atoms with Crippen molar-refractivity contribution in [2.24, 2.45) is 0 Å². The van der Waals surface area contributed by atoms with E-state index in [4.69, 9.17) is 18.9 Å². The molecule has 0 fully saturated rings. The zero-order valence-electron chi connectivity index (χ0n) is 12.9. The van der Waals surface area contributed by atoms with Crippen LogP contribution in [0.3, 0.4) is 0 Å². The fourth-order valence-electron chi connectivity index (χ4n) is 3.85. The Morgan fingerprint density at radius 2 is 1.58 bits per heavy atom. The Balaban J connectivity index is 1.61. The van der Waals surface area contributed by atoms with Gasteiger partial charge >= 0.3 is 0 Å². The second-order valence-electron chi connectivity index (χ2n) is 6.26. The van der Waals surface area contributed by atoms with Gasteiger partial charge in [-0.05, 0) is 29.7 Å². The molecule has 0 aliphatic carbocycles. The lowest BCUT2D eigenvalue weighted by molar-refractivity contribution is -0.686. The first-order chi connectivity index (χ1) is 11.9. The maximum atomic E-state index is 5.69. The van der Waals surface area contributed by atoms with Crippen molar-refractivity contribution in [2.75, 3.05) is 13.6 Å². The monoisotopic (exact) mass is 320 g/mol. The number of nitrogens with zero attached hydrogens (tertiary/aromatic N) is 1. The summed E-state index contributed by atoms with van der Waals surface area (Å²) in [7, 11) is 0. The van der Waals surface area contributed by atoms with Gasteiger partial charge in [0.15, 0.2) is 35.7 Å². The summed E-state index contributed by atoms with van der Waals surface area (Å²) in [6, 6.07) is 10.5. The van der Waals surface area contributed by atoms with Crippen molar-refractivity contribution in [3.63, 3.8) is 0 Å². The highest BCUT2D eigenvalue weighted by atomic mass is 16.7. The van der Waals surface area contributed by atoms with E-state index in [9.17, 15) is 0 Å². The average molecular weight is 320 g/mol. The SMILES string of the molecule is c1cc2c(c3c1OCO3)CC[n+]1cc3cc4c(cc3cc1-2)OCO4. The molecule has 2 aromatic carbocycles. The van der Waals surface area contributed by atoms with Crippen molar-refractivity contribution < 1.29 is 23.5 Å². The summed E-state index contributed by atoms with van der Waals surface area (Å²) in [5.74, 6) is 3.40. The van der Waals surface area contributed by atoms with Crippen molar-refractivity contribution in [2.45, 2.75) is 13.0 Å². The van der Waals surface area contributed by atoms with Gasteiger partial charge in [-0.15, -0.1) is 0 Å². The number of hydrogen-bond donors (Lipinski definition) is 0. The first-order valence-electron chi connectivity index (χ1n) is 8.05. The molecular weight excluding hydrogens is 306 g/mol. The van der Waals surface area contributed by atoms with E-state index >= 15 is 0 Å². The summed E-state index contributed by atoms with van der Waals surface area (Å²) in [6.45, 7) is 1.53. The summed E-state index contributed by atoms with van der Waals surface area (Å²) in [5.41, 5.74) is 3.65. The third-order valence-electron chi connectivity index (χ3n) is 5.00. The van der Waals surface area contributed by atoms with Crippen LogP contribution < -0.4 is 23.5 Å². The molecule has 0 spiro atoms. The molecule has 3 aliphatic heterocycles.